The van der Waals surface area contributed by atoms with Gasteiger partial charge in [-0.25, -0.2) is 9.18 Å². The third-order valence-corrected chi connectivity index (χ3v) is 2.86. The van der Waals surface area contributed by atoms with Crippen molar-refractivity contribution in [2.45, 2.75) is 18.9 Å². The van der Waals surface area contributed by atoms with Crippen molar-refractivity contribution in [2.75, 3.05) is 11.9 Å². The van der Waals surface area contributed by atoms with Gasteiger partial charge >= 0.3 is 5.97 Å². The molecule has 4 heteroatoms. The quantitative estimate of drug-likeness (QED) is 0.815. The van der Waals surface area contributed by atoms with Crippen molar-refractivity contribution in [3.05, 3.63) is 35.7 Å². The van der Waals surface area contributed by atoms with Crippen LogP contribution in [0.25, 0.3) is 6.08 Å². The number of carboxylic acids is 1. The smallest absolute Gasteiger partial charge is 0.328 e. The molecule has 0 unspecified atom stereocenters. The third kappa shape index (κ3) is 2.84. The van der Waals surface area contributed by atoms with Gasteiger partial charge in [-0.2, -0.15) is 0 Å². The first kappa shape index (κ1) is 11.6. The van der Waals surface area contributed by atoms with Gasteiger partial charge in [-0.1, -0.05) is 6.07 Å². The predicted molar refractivity (Wildman–Crippen MR) is 64.5 cm³/mol. The monoisotopic (exact) mass is 235 g/mol. The number of halogens is 1. The highest BCUT2D eigenvalue weighted by molar-refractivity contribution is 5.85. The fraction of sp³-hybridized carbons (Fsp3) is 0.308. The van der Waals surface area contributed by atoms with E-state index in [1.807, 2.05) is 11.9 Å². The molecule has 0 saturated heterocycles. The molecule has 1 fully saturated rings. The molecule has 0 spiro atoms. The lowest BCUT2D eigenvalue weighted by atomic mass is 10.1. The summed E-state index contributed by atoms with van der Waals surface area (Å²) in [5.74, 6) is -1.35. The summed E-state index contributed by atoms with van der Waals surface area (Å²) in [5, 5.41) is 8.48. The Labute approximate surface area is 99.2 Å². The molecule has 1 aromatic rings. The molecule has 2 rings (SSSR count). The van der Waals surface area contributed by atoms with Crippen LogP contribution in [0.4, 0.5) is 10.1 Å². The Hall–Kier alpha value is -1.84. The van der Waals surface area contributed by atoms with Crippen molar-refractivity contribution in [1.29, 1.82) is 0 Å². The molecule has 1 aromatic carbocycles. The molecule has 90 valence electrons. The first-order valence-electron chi connectivity index (χ1n) is 5.51. The molecule has 1 N–H and O–H groups in total. The van der Waals surface area contributed by atoms with Crippen LogP contribution in [-0.4, -0.2) is 24.2 Å². The lowest BCUT2D eigenvalue weighted by Gasteiger charge is -2.19. The van der Waals surface area contributed by atoms with E-state index < -0.39 is 5.97 Å². The standard InChI is InChI=1S/C13H14FNO2/c1-15(10-4-5-10)12-6-2-9(8-11(12)14)3-7-13(16)17/h2-3,6-8,10H,4-5H2,1H3,(H,16,17)/b7-3+. The number of anilines is 1. The highest BCUT2D eigenvalue weighted by atomic mass is 19.1. The van der Waals surface area contributed by atoms with Gasteiger partial charge in [-0.15, -0.1) is 0 Å². The second kappa shape index (κ2) is 4.57. The van der Waals surface area contributed by atoms with Crippen LogP contribution >= 0.6 is 0 Å². The lowest BCUT2D eigenvalue weighted by Crippen LogP contribution is -2.20. The van der Waals surface area contributed by atoms with Gasteiger partial charge in [-0.05, 0) is 36.6 Å². The van der Waals surface area contributed by atoms with Gasteiger partial charge in [0.15, 0.2) is 0 Å². The molecule has 3 nitrogen and oxygen atoms in total. The van der Waals surface area contributed by atoms with Gasteiger partial charge in [0.2, 0.25) is 0 Å². The second-order valence-corrected chi connectivity index (χ2v) is 4.22. The minimum absolute atomic E-state index is 0.313. The van der Waals surface area contributed by atoms with Crippen molar-refractivity contribution in [3.8, 4) is 0 Å². The van der Waals surface area contributed by atoms with Crippen molar-refractivity contribution >= 4 is 17.7 Å². The molecule has 0 heterocycles. The van der Waals surface area contributed by atoms with E-state index in [2.05, 4.69) is 0 Å². The Morgan fingerprint density at radius 3 is 2.76 bits per heavy atom. The van der Waals surface area contributed by atoms with Gasteiger partial charge < -0.3 is 10.0 Å². The van der Waals surface area contributed by atoms with E-state index in [1.165, 1.54) is 12.1 Å². The van der Waals surface area contributed by atoms with Crippen LogP contribution in [0.5, 0.6) is 0 Å². The van der Waals surface area contributed by atoms with Crippen molar-refractivity contribution in [1.82, 2.24) is 0 Å². The topological polar surface area (TPSA) is 40.5 Å². The summed E-state index contributed by atoms with van der Waals surface area (Å²) in [4.78, 5) is 12.3. The van der Waals surface area contributed by atoms with Crippen molar-refractivity contribution in [3.63, 3.8) is 0 Å². The molecule has 1 aliphatic carbocycles. The highest BCUT2D eigenvalue weighted by Gasteiger charge is 2.27. The van der Waals surface area contributed by atoms with Gasteiger partial charge in [0.25, 0.3) is 0 Å². The number of hydrogen-bond donors (Lipinski definition) is 1. The molecule has 0 atom stereocenters. The fourth-order valence-corrected chi connectivity index (χ4v) is 1.74. The molecule has 17 heavy (non-hydrogen) atoms. The van der Waals surface area contributed by atoms with E-state index >= 15 is 0 Å². The van der Waals surface area contributed by atoms with Crippen LogP contribution < -0.4 is 4.90 Å². The van der Waals surface area contributed by atoms with Crippen LogP contribution in [-0.2, 0) is 4.79 Å². The van der Waals surface area contributed by atoms with Gasteiger partial charge in [-0.3, -0.25) is 0 Å². The summed E-state index contributed by atoms with van der Waals surface area (Å²) in [6, 6.07) is 5.21. The molecular weight excluding hydrogens is 221 g/mol. The Morgan fingerprint density at radius 2 is 2.24 bits per heavy atom. The molecular formula is C13H14FNO2. The van der Waals surface area contributed by atoms with E-state index in [-0.39, 0.29) is 5.82 Å². The highest BCUT2D eigenvalue weighted by Crippen LogP contribution is 2.31. The van der Waals surface area contributed by atoms with Crippen molar-refractivity contribution in [2.24, 2.45) is 0 Å². The summed E-state index contributed by atoms with van der Waals surface area (Å²) < 4.78 is 13.8. The number of hydrogen-bond acceptors (Lipinski definition) is 2. The van der Waals surface area contributed by atoms with Crippen molar-refractivity contribution < 1.29 is 14.3 Å². The van der Waals surface area contributed by atoms with E-state index in [0.29, 0.717) is 17.3 Å². The SMILES string of the molecule is CN(c1ccc(/C=C/C(=O)O)cc1F)C1CC1. The average Bonchev–Trinajstić information content (AvgIpc) is 3.09. The zero-order valence-corrected chi connectivity index (χ0v) is 9.56. The van der Waals surface area contributed by atoms with Crippen LogP contribution in [0, 0.1) is 5.82 Å². The minimum Gasteiger partial charge on any atom is -0.478 e. The predicted octanol–water partition coefficient (Wildman–Crippen LogP) is 2.52. The maximum absolute atomic E-state index is 13.8. The van der Waals surface area contributed by atoms with E-state index in [0.717, 1.165) is 18.9 Å². The first-order chi connectivity index (χ1) is 8.08. The van der Waals surface area contributed by atoms with E-state index in [1.54, 1.807) is 12.1 Å². The number of benzene rings is 1. The number of aliphatic carboxylic acids is 1. The van der Waals surface area contributed by atoms with Crippen LogP contribution in [0.2, 0.25) is 0 Å². The summed E-state index contributed by atoms with van der Waals surface area (Å²) in [7, 11) is 1.88. The molecule has 0 aliphatic heterocycles. The molecule has 1 aliphatic rings. The summed E-state index contributed by atoms with van der Waals surface area (Å²) in [6.07, 6.45) is 4.60. The molecule has 0 radical (unpaired) electrons. The van der Waals surface area contributed by atoms with Gasteiger partial charge in [0.1, 0.15) is 5.82 Å². The van der Waals surface area contributed by atoms with E-state index in [9.17, 15) is 9.18 Å². The van der Waals surface area contributed by atoms with E-state index in [4.69, 9.17) is 5.11 Å². The summed E-state index contributed by atoms with van der Waals surface area (Å²) in [5.41, 5.74) is 1.12. The lowest BCUT2D eigenvalue weighted by molar-refractivity contribution is -0.131. The maximum Gasteiger partial charge on any atom is 0.328 e. The summed E-state index contributed by atoms with van der Waals surface area (Å²) in [6.45, 7) is 0. The minimum atomic E-state index is -1.04. The normalized spacial score (nSPS) is 15.2. The van der Waals surface area contributed by atoms with Crippen LogP contribution in [0.15, 0.2) is 24.3 Å². The van der Waals surface area contributed by atoms with Crippen LogP contribution in [0.1, 0.15) is 18.4 Å². The Bertz CT molecular complexity index is 466. The Kier molecular flexibility index (Phi) is 3.13. The number of carboxylic acid groups (broad SMARTS) is 1. The Balaban J connectivity index is 2.18. The average molecular weight is 235 g/mol. The zero-order chi connectivity index (χ0) is 12.4. The molecule has 0 bridgehead atoms. The summed E-state index contributed by atoms with van der Waals surface area (Å²) >= 11 is 0. The molecule has 1 saturated carbocycles. The fourth-order valence-electron chi connectivity index (χ4n) is 1.74. The Morgan fingerprint density at radius 1 is 1.53 bits per heavy atom. The maximum atomic E-state index is 13.8. The van der Waals surface area contributed by atoms with Gasteiger partial charge in [0.05, 0.1) is 5.69 Å². The first-order valence-corrected chi connectivity index (χ1v) is 5.51. The number of nitrogens with zero attached hydrogens (tertiary/aromatic N) is 1. The largest absolute Gasteiger partial charge is 0.478 e. The number of rotatable bonds is 4. The van der Waals surface area contributed by atoms with Crippen LogP contribution in [0.3, 0.4) is 0 Å². The molecule has 0 amide bonds. The second-order valence-electron chi connectivity index (χ2n) is 4.22. The third-order valence-electron chi connectivity index (χ3n) is 2.86. The van der Waals surface area contributed by atoms with Gasteiger partial charge in [0, 0.05) is 19.2 Å². The number of carbonyl (C=O) groups is 1. The molecule has 0 aromatic heterocycles. The zero-order valence-electron chi connectivity index (χ0n) is 9.56.